The van der Waals surface area contributed by atoms with Crippen molar-refractivity contribution < 1.29 is 0 Å². The molecule has 0 N–H and O–H groups in total. The van der Waals surface area contributed by atoms with Crippen molar-refractivity contribution in [2.75, 3.05) is 0 Å². The van der Waals surface area contributed by atoms with Crippen molar-refractivity contribution in [3.8, 4) is 0 Å². The summed E-state index contributed by atoms with van der Waals surface area (Å²) in [4.78, 5) is 8.34. The zero-order valence-electron chi connectivity index (χ0n) is 7.14. The normalized spacial score (nSPS) is 10.2. The van der Waals surface area contributed by atoms with Gasteiger partial charge in [-0.2, -0.15) is 0 Å². The first-order valence-corrected chi connectivity index (χ1v) is 4.15. The van der Waals surface area contributed by atoms with Crippen molar-refractivity contribution in [2.24, 2.45) is 4.99 Å². The fraction of sp³-hybridized carbons (Fsp3) is 0. The SMILES string of the molecule is C=N/C=C\C(=C)c1ccncc1S. The number of aliphatic imine (C=N–C) groups is 1. The highest BCUT2D eigenvalue weighted by atomic mass is 32.1. The van der Waals surface area contributed by atoms with Gasteiger partial charge in [0.25, 0.3) is 0 Å². The van der Waals surface area contributed by atoms with Crippen LogP contribution in [0.5, 0.6) is 0 Å². The second-order valence-corrected chi connectivity index (χ2v) is 2.90. The maximum atomic E-state index is 4.26. The molecular weight excluding hydrogens is 180 g/mol. The minimum Gasteiger partial charge on any atom is -0.272 e. The molecule has 66 valence electrons. The van der Waals surface area contributed by atoms with Gasteiger partial charge in [-0.1, -0.05) is 6.58 Å². The lowest BCUT2D eigenvalue weighted by Crippen LogP contribution is -1.82. The van der Waals surface area contributed by atoms with Crippen LogP contribution in [0, 0.1) is 0 Å². The Balaban J connectivity index is 2.95. The first-order chi connectivity index (χ1) is 6.25. The number of hydrogen-bond donors (Lipinski definition) is 1. The lowest BCUT2D eigenvalue weighted by atomic mass is 10.1. The van der Waals surface area contributed by atoms with Gasteiger partial charge in [0.1, 0.15) is 0 Å². The van der Waals surface area contributed by atoms with Gasteiger partial charge in [0.15, 0.2) is 0 Å². The molecule has 0 unspecified atom stereocenters. The average molecular weight is 190 g/mol. The molecule has 0 radical (unpaired) electrons. The Bertz CT molecular complexity index is 356. The molecule has 1 heterocycles. The standard InChI is InChI=1S/C10H10N2S/c1-8(3-5-11-2)9-4-6-12-7-10(9)13/h3-7,13H,1-2H2/b5-3-. The van der Waals surface area contributed by atoms with Gasteiger partial charge in [-0.15, -0.1) is 12.6 Å². The van der Waals surface area contributed by atoms with E-state index in [4.69, 9.17) is 0 Å². The van der Waals surface area contributed by atoms with E-state index in [9.17, 15) is 0 Å². The summed E-state index contributed by atoms with van der Waals surface area (Å²) in [6, 6.07) is 1.86. The van der Waals surface area contributed by atoms with Gasteiger partial charge >= 0.3 is 0 Å². The average Bonchev–Trinajstić information content (AvgIpc) is 2.15. The monoisotopic (exact) mass is 190 g/mol. The summed E-state index contributed by atoms with van der Waals surface area (Å²) < 4.78 is 0. The number of rotatable bonds is 3. The van der Waals surface area contributed by atoms with Crippen LogP contribution in [0.3, 0.4) is 0 Å². The molecule has 0 aromatic carbocycles. The molecule has 0 aliphatic carbocycles. The molecule has 1 aromatic rings. The molecule has 0 saturated heterocycles. The molecule has 2 nitrogen and oxygen atoms in total. The fourth-order valence-electron chi connectivity index (χ4n) is 0.890. The second-order valence-electron chi connectivity index (χ2n) is 2.42. The van der Waals surface area contributed by atoms with Crippen LogP contribution in [0.15, 0.2) is 47.2 Å². The van der Waals surface area contributed by atoms with Crippen LogP contribution < -0.4 is 0 Å². The first-order valence-electron chi connectivity index (χ1n) is 3.70. The summed E-state index contributed by atoms with van der Waals surface area (Å²) in [6.07, 6.45) is 6.76. The number of thiol groups is 1. The Morgan fingerprint density at radius 3 is 3.00 bits per heavy atom. The largest absolute Gasteiger partial charge is 0.272 e. The van der Waals surface area contributed by atoms with Crippen molar-refractivity contribution in [1.29, 1.82) is 0 Å². The summed E-state index contributed by atoms with van der Waals surface area (Å²) in [7, 11) is 0. The summed E-state index contributed by atoms with van der Waals surface area (Å²) in [5, 5.41) is 0. The summed E-state index contributed by atoms with van der Waals surface area (Å²) in [5.74, 6) is 0. The van der Waals surface area contributed by atoms with Crippen LogP contribution in [0.25, 0.3) is 5.57 Å². The molecule has 0 fully saturated rings. The lowest BCUT2D eigenvalue weighted by Gasteiger charge is -2.02. The van der Waals surface area contributed by atoms with Gasteiger partial charge < -0.3 is 0 Å². The molecular formula is C10H10N2S. The Morgan fingerprint density at radius 2 is 2.38 bits per heavy atom. The molecule has 0 saturated carbocycles. The van der Waals surface area contributed by atoms with E-state index in [1.54, 1.807) is 24.7 Å². The van der Waals surface area contributed by atoms with Crippen LogP contribution in [-0.2, 0) is 0 Å². The van der Waals surface area contributed by atoms with E-state index >= 15 is 0 Å². The van der Waals surface area contributed by atoms with Crippen LogP contribution in [0.1, 0.15) is 5.56 Å². The fourth-order valence-corrected chi connectivity index (χ4v) is 1.17. The van der Waals surface area contributed by atoms with E-state index in [-0.39, 0.29) is 0 Å². The van der Waals surface area contributed by atoms with Gasteiger partial charge in [-0.3, -0.25) is 9.98 Å². The summed E-state index contributed by atoms with van der Waals surface area (Å²) in [6.45, 7) is 7.21. The Morgan fingerprint density at radius 1 is 1.62 bits per heavy atom. The Labute approximate surface area is 83.1 Å². The lowest BCUT2D eigenvalue weighted by molar-refractivity contribution is 1.22. The predicted molar refractivity (Wildman–Crippen MR) is 59.2 cm³/mol. The van der Waals surface area contributed by atoms with Gasteiger partial charge in [0.05, 0.1) is 0 Å². The molecule has 0 atom stereocenters. The van der Waals surface area contributed by atoms with Crippen molar-refractivity contribution in [3.05, 3.63) is 42.9 Å². The maximum absolute atomic E-state index is 4.26. The smallest absolute Gasteiger partial charge is 0.0407 e. The van der Waals surface area contributed by atoms with E-state index in [0.717, 1.165) is 16.0 Å². The van der Waals surface area contributed by atoms with Crippen LogP contribution in [-0.4, -0.2) is 11.7 Å². The van der Waals surface area contributed by atoms with Crippen molar-refractivity contribution in [1.82, 2.24) is 4.98 Å². The number of hydrogen-bond acceptors (Lipinski definition) is 3. The van der Waals surface area contributed by atoms with Crippen molar-refractivity contribution >= 4 is 24.9 Å². The summed E-state index contributed by atoms with van der Waals surface area (Å²) in [5.41, 5.74) is 1.80. The molecule has 0 spiro atoms. The van der Waals surface area contributed by atoms with E-state index < -0.39 is 0 Å². The van der Waals surface area contributed by atoms with Gasteiger partial charge in [0, 0.05) is 23.5 Å². The van der Waals surface area contributed by atoms with Crippen LogP contribution in [0.4, 0.5) is 0 Å². The van der Waals surface area contributed by atoms with Gasteiger partial charge in [-0.05, 0) is 30.0 Å². The molecule has 1 rings (SSSR count). The third-order valence-electron chi connectivity index (χ3n) is 1.53. The number of nitrogens with zero attached hydrogens (tertiary/aromatic N) is 2. The first kappa shape index (κ1) is 9.74. The molecule has 13 heavy (non-hydrogen) atoms. The quantitative estimate of drug-likeness (QED) is 0.442. The Kier molecular flexibility index (Phi) is 3.46. The minimum absolute atomic E-state index is 0.807. The topological polar surface area (TPSA) is 25.2 Å². The van der Waals surface area contributed by atoms with E-state index in [1.165, 1.54) is 0 Å². The molecule has 0 bridgehead atoms. The van der Waals surface area contributed by atoms with E-state index in [2.05, 4.69) is 35.9 Å². The number of allylic oxidation sites excluding steroid dienone is 2. The maximum Gasteiger partial charge on any atom is 0.0407 e. The third kappa shape index (κ3) is 2.56. The predicted octanol–water partition coefficient (Wildman–Crippen LogP) is 2.60. The van der Waals surface area contributed by atoms with E-state index in [1.807, 2.05) is 6.07 Å². The van der Waals surface area contributed by atoms with Gasteiger partial charge in [-0.25, -0.2) is 0 Å². The second kappa shape index (κ2) is 4.62. The minimum atomic E-state index is 0.807. The van der Waals surface area contributed by atoms with Crippen LogP contribution in [0.2, 0.25) is 0 Å². The van der Waals surface area contributed by atoms with Crippen molar-refractivity contribution in [3.63, 3.8) is 0 Å². The summed E-state index contributed by atoms with van der Waals surface area (Å²) >= 11 is 4.26. The van der Waals surface area contributed by atoms with Crippen LogP contribution >= 0.6 is 12.6 Å². The molecule has 1 aromatic heterocycles. The number of aromatic nitrogens is 1. The highest BCUT2D eigenvalue weighted by Gasteiger charge is 1.98. The van der Waals surface area contributed by atoms with Gasteiger partial charge in [0.2, 0.25) is 0 Å². The number of pyridine rings is 1. The highest BCUT2D eigenvalue weighted by Crippen LogP contribution is 2.20. The zero-order chi connectivity index (χ0) is 9.68. The Hall–Kier alpha value is -1.35. The molecule has 0 aliphatic rings. The van der Waals surface area contributed by atoms with Crippen molar-refractivity contribution in [2.45, 2.75) is 4.90 Å². The highest BCUT2D eigenvalue weighted by molar-refractivity contribution is 7.80. The molecule has 3 heteroatoms. The zero-order valence-corrected chi connectivity index (χ0v) is 8.04. The van der Waals surface area contributed by atoms with E-state index in [0.29, 0.717) is 0 Å². The third-order valence-corrected chi connectivity index (χ3v) is 1.88. The molecule has 0 aliphatic heterocycles. The molecule has 0 amide bonds.